The van der Waals surface area contributed by atoms with Crippen molar-refractivity contribution in [1.82, 2.24) is 19.9 Å². The Hall–Kier alpha value is -3.26. The van der Waals surface area contributed by atoms with Crippen LogP contribution in [0.4, 0.5) is 15.9 Å². The summed E-state index contributed by atoms with van der Waals surface area (Å²) in [5.41, 5.74) is 4.56. The summed E-state index contributed by atoms with van der Waals surface area (Å²) in [6.07, 6.45) is 4.02. The van der Waals surface area contributed by atoms with Gasteiger partial charge in [0.1, 0.15) is 5.82 Å². The number of aromatic nitrogens is 3. The highest BCUT2D eigenvalue weighted by Crippen LogP contribution is 2.29. The molecule has 1 aliphatic rings. The Labute approximate surface area is 187 Å². The first-order valence-electron chi connectivity index (χ1n) is 11.0. The van der Waals surface area contributed by atoms with E-state index in [1.807, 2.05) is 28.9 Å². The molecule has 8 heteroatoms. The quantitative estimate of drug-likeness (QED) is 0.480. The minimum Gasteiger partial charge on any atom is -0.366 e. The van der Waals surface area contributed by atoms with Gasteiger partial charge in [-0.05, 0) is 49.5 Å². The first kappa shape index (κ1) is 22.0. The summed E-state index contributed by atoms with van der Waals surface area (Å²) in [6.45, 7) is 9.84. The molecule has 0 aliphatic carbocycles. The van der Waals surface area contributed by atoms with E-state index in [0.29, 0.717) is 24.1 Å². The van der Waals surface area contributed by atoms with E-state index in [9.17, 15) is 9.18 Å². The fourth-order valence-corrected chi connectivity index (χ4v) is 4.01. The highest BCUT2D eigenvalue weighted by molar-refractivity contribution is 6.01. The second-order valence-corrected chi connectivity index (χ2v) is 8.49. The fraction of sp³-hybridized carbons (Fsp3) is 0.375. The van der Waals surface area contributed by atoms with Crippen molar-refractivity contribution in [2.45, 2.75) is 45.1 Å². The van der Waals surface area contributed by atoms with Gasteiger partial charge < -0.3 is 16.0 Å². The lowest BCUT2D eigenvalue weighted by atomic mass is 9.94. The second-order valence-electron chi connectivity index (χ2n) is 8.49. The van der Waals surface area contributed by atoms with Crippen LogP contribution in [-0.4, -0.2) is 33.6 Å². The maximum atomic E-state index is 13.0. The highest BCUT2D eigenvalue weighted by Gasteiger charge is 2.21. The van der Waals surface area contributed by atoms with Crippen LogP contribution >= 0.6 is 0 Å². The van der Waals surface area contributed by atoms with E-state index in [-0.39, 0.29) is 0 Å². The first-order chi connectivity index (χ1) is 15.4. The second kappa shape index (κ2) is 9.48. The van der Waals surface area contributed by atoms with Gasteiger partial charge in [0.05, 0.1) is 6.20 Å². The smallest absolute Gasteiger partial charge is 0.283 e. The summed E-state index contributed by atoms with van der Waals surface area (Å²) in [7, 11) is 0. The van der Waals surface area contributed by atoms with Crippen LogP contribution in [0.1, 0.15) is 55.3 Å². The number of nitrogens with one attached hydrogen (secondary N) is 3. The van der Waals surface area contributed by atoms with Gasteiger partial charge in [-0.25, -0.2) is 9.37 Å². The van der Waals surface area contributed by atoms with Crippen molar-refractivity contribution in [1.29, 1.82) is 0 Å². The number of hydrogen-bond acceptors (Lipinski definition) is 5. The molecule has 4 rings (SSSR count). The molecule has 32 heavy (non-hydrogen) atoms. The van der Waals surface area contributed by atoms with Gasteiger partial charge in [0, 0.05) is 35.5 Å². The molecule has 1 fully saturated rings. The van der Waals surface area contributed by atoms with Crippen molar-refractivity contribution in [3.05, 3.63) is 65.8 Å². The molecule has 1 saturated heterocycles. The lowest BCUT2D eigenvalue weighted by Gasteiger charge is -2.23. The van der Waals surface area contributed by atoms with Crippen LogP contribution in [0.25, 0.3) is 5.65 Å². The van der Waals surface area contributed by atoms with Crippen LogP contribution in [0.15, 0.2) is 48.9 Å². The van der Waals surface area contributed by atoms with Crippen LogP contribution in [0.3, 0.4) is 0 Å². The molecule has 7 nitrogen and oxygen atoms in total. The molecule has 0 unspecified atom stereocenters. The van der Waals surface area contributed by atoms with Crippen molar-refractivity contribution in [3.8, 4) is 0 Å². The molecule has 0 saturated carbocycles. The summed E-state index contributed by atoms with van der Waals surface area (Å²) in [5, 5.41) is 14.0. The van der Waals surface area contributed by atoms with Crippen molar-refractivity contribution in [2.24, 2.45) is 0 Å². The Morgan fingerprint density at radius 3 is 2.81 bits per heavy atom. The van der Waals surface area contributed by atoms with Crippen LogP contribution < -0.4 is 16.0 Å². The zero-order valence-electron chi connectivity index (χ0n) is 18.5. The number of halogens is 1. The maximum Gasteiger partial charge on any atom is 0.283 e. The first-order valence-corrected chi connectivity index (χ1v) is 11.0. The lowest BCUT2D eigenvalue weighted by Crippen LogP contribution is -2.27. The summed E-state index contributed by atoms with van der Waals surface area (Å²) in [5.74, 6) is -0.235. The molecule has 3 N–H and O–H groups in total. The largest absolute Gasteiger partial charge is 0.366 e. The van der Waals surface area contributed by atoms with Crippen LogP contribution in [0, 0.1) is 0 Å². The van der Waals surface area contributed by atoms with Gasteiger partial charge in [-0.1, -0.05) is 32.6 Å². The van der Waals surface area contributed by atoms with E-state index in [0.717, 1.165) is 54.2 Å². The zero-order valence-corrected chi connectivity index (χ0v) is 18.5. The number of carbonyl (C=O) groups excluding carboxylic acids is 1. The van der Waals surface area contributed by atoms with E-state index in [1.54, 1.807) is 6.07 Å². The number of anilines is 2. The summed E-state index contributed by atoms with van der Waals surface area (Å²) in [6, 6.07) is 9.39. The van der Waals surface area contributed by atoms with Crippen molar-refractivity contribution in [2.75, 3.05) is 23.7 Å². The molecule has 1 aromatic carbocycles. The van der Waals surface area contributed by atoms with Crippen LogP contribution in [0.5, 0.6) is 0 Å². The van der Waals surface area contributed by atoms with Gasteiger partial charge in [-0.2, -0.15) is 9.61 Å². The number of piperidine rings is 1. The van der Waals surface area contributed by atoms with Gasteiger partial charge in [0.15, 0.2) is 11.5 Å². The number of hydrogen-bond donors (Lipinski definition) is 3. The topological polar surface area (TPSA) is 83.4 Å². The van der Waals surface area contributed by atoms with Crippen molar-refractivity contribution >= 4 is 23.1 Å². The van der Waals surface area contributed by atoms with Gasteiger partial charge in [0.25, 0.3) is 5.91 Å². The highest BCUT2D eigenvalue weighted by atomic mass is 19.1. The van der Waals surface area contributed by atoms with Crippen molar-refractivity contribution in [3.63, 3.8) is 0 Å². The Balaban J connectivity index is 1.61. The summed E-state index contributed by atoms with van der Waals surface area (Å²) >= 11 is 0. The number of fused-ring (bicyclic) bond motifs is 1. The third kappa shape index (κ3) is 4.80. The predicted octanol–water partition coefficient (Wildman–Crippen LogP) is 4.35. The Morgan fingerprint density at radius 1 is 1.31 bits per heavy atom. The van der Waals surface area contributed by atoms with Crippen LogP contribution in [0.2, 0.25) is 0 Å². The molecule has 0 bridgehead atoms. The molecule has 1 amide bonds. The average Bonchev–Trinajstić information content (AvgIpc) is 3.23. The zero-order chi connectivity index (χ0) is 22.7. The molecule has 168 valence electrons. The van der Waals surface area contributed by atoms with E-state index in [1.165, 1.54) is 0 Å². The Kier molecular flexibility index (Phi) is 6.50. The molecular weight excluding hydrogens is 407 g/mol. The van der Waals surface area contributed by atoms with E-state index < -0.39 is 11.7 Å². The van der Waals surface area contributed by atoms with Crippen LogP contribution in [-0.2, 0) is 11.3 Å². The van der Waals surface area contributed by atoms with E-state index in [4.69, 9.17) is 4.98 Å². The fourth-order valence-electron chi connectivity index (χ4n) is 4.01. The maximum absolute atomic E-state index is 13.0. The lowest BCUT2D eigenvalue weighted by molar-refractivity contribution is -0.114. The van der Waals surface area contributed by atoms with E-state index >= 15 is 0 Å². The normalized spacial score (nSPS) is 14.6. The standard InChI is InChI=1S/C24H29FN6O/c1-15(2)20-14-28-31-22(12-21(30-23(20)31)18-7-9-26-10-8-18)27-13-17-5-4-6-19(11-17)29-24(32)16(3)25/h4-6,11-12,14-15,18,26-27H,3,7-10,13H2,1-2H3,(H,29,32). The number of amides is 1. The van der Waals surface area contributed by atoms with Gasteiger partial charge >= 0.3 is 0 Å². The number of carbonyl (C=O) groups is 1. The third-order valence-electron chi connectivity index (χ3n) is 5.80. The SMILES string of the molecule is C=C(F)C(=O)Nc1cccc(CNc2cc(C3CCNCC3)nc3c(C(C)C)cnn23)c1. The molecule has 0 spiro atoms. The third-order valence-corrected chi connectivity index (χ3v) is 5.80. The minimum atomic E-state index is -1.02. The van der Waals surface area contributed by atoms with E-state index in [2.05, 4.69) is 47.5 Å². The molecule has 3 heterocycles. The number of rotatable bonds is 7. The molecule has 0 atom stereocenters. The van der Waals surface area contributed by atoms with Gasteiger partial charge in [-0.3, -0.25) is 4.79 Å². The monoisotopic (exact) mass is 436 g/mol. The molecular formula is C24H29FN6O. The number of nitrogens with zero attached hydrogens (tertiary/aromatic N) is 3. The summed E-state index contributed by atoms with van der Waals surface area (Å²) < 4.78 is 14.9. The Morgan fingerprint density at radius 2 is 2.09 bits per heavy atom. The van der Waals surface area contributed by atoms with Crippen molar-refractivity contribution < 1.29 is 9.18 Å². The Bertz CT molecular complexity index is 1130. The van der Waals surface area contributed by atoms with Gasteiger partial charge in [0.2, 0.25) is 0 Å². The van der Waals surface area contributed by atoms with Gasteiger partial charge in [-0.15, -0.1) is 0 Å². The summed E-state index contributed by atoms with van der Waals surface area (Å²) in [4.78, 5) is 16.6. The predicted molar refractivity (Wildman–Crippen MR) is 125 cm³/mol. The minimum absolute atomic E-state index is 0.321. The number of benzene rings is 1. The molecule has 2 aromatic heterocycles. The average molecular weight is 437 g/mol. The molecule has 3 aromatic rings. The molecule has 0 radical (unpaired) electrons. The molecule has 1 aliphatic heterocycles.